The number of rotatable bonds is 9. The molecule has 3 rings (SSSR count). The van der Waals surface area contributed by atoms with Gasteiger partial charge in [0.05, 0.1) is 13.7 Å². The van der Waals surface area contributed by atoms with E-state index in [4.69, 9.17) is 9.57 Å². The summed E-state index contributed by atoms with van der Waals surface area (Å²) in [5.74, 6) is -1.20. The molecule has 0 bridgehead atoms. The lowest BCUT2D eigenvalue weighted by Crippen LogP contribution is -2.33. The van der Waals surface area contributed by atoms with Gasteiger partial charge in [-0.1, -0.05) is 29.4 Å². The summed E-state index contributed by atoms with van der Waals surface area (Å²) >= 11 is 0. The standard InChI is InChI=1S/C21H21F3N4O4/c1-28(31-13-14-3-9-17(30-2)10-4-14)12-11-25-19(29)16-7-5-15(6-8-16)18-26-20(32-27-18)21(22,23)24/h3-10H,11-13H2,1-2H3,(H,25,29). The van der Waals surface area contributed by atoms with Crippen LogP contribution in [-0.2, 0) is 17.6 Å². The maximum atomic E-state index is 12.6. The molecule has 2 aromatic carbocycles. The SMILES string of the molecule is COc1ccc(CON(C)CCNC(=O)c2ccc(-c3noc(C(F)(F)F)n3)cc2)cc1. The van der Waals surface area contributed by atoms with Gasteiger partial charge in [-0.15, -0.1) is 0 Å². The number of hydrogen-bond acceptors (Lipinski definition) is 7. The van der Waals surface area contributed by atoms with Crippen LogP contribution in [0, 0.1) is 0 Å². The molecule has 32 heavy (non-hydrogen) atoms. The van der Waals surface area contributed by atoms with Crippen LogP contribution in [-0.4, -0.2) is 48.4 Å². The average Bonchev–Trinajstić information content (AvgIpc) is 3.29. The second-order valence-corrected chi connectivity index (χ2v) is 6.73. The fourth-order valence-electron chi connectivity index (χ4n) is 2.63. The van der Waals surface area contributed by atoms with Crippen molar-refractivity contribution in [2.75, 3.05) is 27.2 Å². The number of halogens is 3. The molecule has 170 valence electrons. The minimum absolute atomic E-state index is 0.208. The Morgan fingerprint density at radius 1 is 1.12 bits per heavy atom. The minimum atomic E-state index is -4.71. The number of carbonyl (C=O) groups is 1. The van der Waals surface area contributed by atoms with Crippen LogP contribution >= 0.6 is 0 Å². The first-order valence-electron chi connectivity index (χ1n) is 9.53. The summed E-state index contributed by atoms with van der Waals surface area (Å²) in [6.07, 6.45) is -4.71. The molecule has 8 nitrogen and oxygen atoms in total. The molecule has 1 heterocycles. The first kappa shape index (κ1) is 23.2. The predicted octanol–water partition coefficient (Wildman–Crippen LogP) is 3.56. The highest BCUT2D eigenvalue weighted by atomic mass is 19.4. The van der Waals surface area contributed by atoms with Crippen LogP contribution in [0.3, 0.4) is 0 Å². The molecule has 1 aromatic heterocycles. The molecule has 0 fully saturated rings. The number of benzene rings is 2. The van der Waals surface area contributed by atoms with Crippen molar-refractivity contribution >= 4 is 5.91 Å². The quantitative estimate of drug-likeness (QED) is 0.499. The number of likely N-dealkylation sites (N-methyl/N-ethyl adjacent to an activating group) is 1. The summed E-state index contributed by atoms with van der Waals surface area (Å²) in [4.78, 5) is 21.2. The van der Waals surface area contributed by atoms with E-state index in [2.05, 4.69) is 20.0 Å². The molecule has 0 unspecified atom stereocenters. The van der Waals surface area contributed by atoms with Crippen molar-refractivity contribution in [2.45, 2.75) is 12.8 Å². The fourth-order valence-corrected chi connectivity index (χ4v) is 2.63. The predicted molar refractivity (Wildman–Crippen MR) is 107 cm³/mol. The number of hydrogen-bond donors (Lipinski definition) is 1. The van der Waals surface area contributed by atoms with Crippen LogP contribution < -0.4 is 10.1 Å². The minimum Gasteiger partial charge on any atom is -0.497 e. The second-order valence-electron chi connectivity index (χ2n) is 6.73. The second kappa shape index (κ2) is 10.2. The Bertz CT molecular complexity index is 1020. The zero-order valence-corrected chi connectivity index (χ0v) is 17.3. The van der Waals surface area contributed by atoms with Gasteiger partial charge in [0, 0.05) is 31.3 Å². The lowest BCUT2D eigenvalue weighted by molar-refractivity contribution is -0.159. The molecular formula is C21H21F3N4O4. The van der Waals surface area contributed by atoms with E-state index >= 15 is 0 Å². The van der Waals surface area contributed by atoms with Gasteiger partial charge in [0.2, 0.25) is 5.82 Å². The van der Waals surface area contributed by atoms with Crippen LogP contribution in [0.4, 0.5) is 13.2 Å². The normalized spacial score (nSPS) is 11.6. The number of methoxy groups -OCH3 is 1. The van der Waals surface area contributed by atoms with Crippen molar-refractivity contribution < 1.29 is 32.1 Å². The molecule has 0 saturated carbocycles. The maximum absolute atomic E-state index is 12.6. The number of ether oxygens (including phenoxy) is 1. The van der Waals surface area contributed by atoms with Crippen molar-refractivity contribution in [1.82, 2.24) is 20.5 Å². The number of nitrogens with zero attached hydrogens (tertiary/aromatic N) is 3. The zero-order valence-electron chi connectivity index (χ0n) is 17.3. The van der Waals surface area contributed by atoms with Gasteiger partial charge in [-0.3, -0.25) is 9.63 Å². The van der Waals surface area contributed by atoms with E-state index in [1.54, 1.807) is 19.2 Å². The Morgan fingerprint density at radius 3 is 2.41 bits per heavy atom. The number of nitrogens with one attached hydrogen (secondary N) is 1. The highest BCUT2D eigenvalue weighted by Crippen LogP contribution is 2.29. The van der Waals surface area contributed by atoms with Gasteiger partial charge in [0.25, 0.3) is 5.91 Å². The largest absolute Gasteiger partial charge is 0.497 e. The third-order valence-corrected chi connectivity index (χ3v) is 4.40. The van der Waals surface area contributed by atoms with E-state index in [0.29, 0.717) is 30.8 Å². The molecule has 0 atom stereocenters. The Labute approximate surface area is 181 Å². The summed E-state index contributed by atoms with van der Waals surface area (Å²) in [5, 5.41) is 7.68. The fraction of sp³-hybridized carbons (Fsp3) is 0.286. The van der Waals surface area contributed by atoms with E-state index in [1.165, 1.54) is 24.3 Å². The summed E-state index contributed by atoms with van der Waals surface area (Å²) in [6.45, 7) is 1.16. The van der Waals surface area contributed by atoms with E-state index in [-0.39, 0.29) is 11.7 Å². The lowest BCUT2D eigenvalue weighted by Gasteiger charge is -2.17. The topological polar surface area (TPSA) is 89.7 Å². The molecule has 1 N–H and O–H groups in total. The number of amides is 1. The van der Waals surface area contributed by atoms with E-state index < -0.39 is 12.1 Å². The van der Waals surface area contributed by atoms with E-state index in [1.807, 2.05) is 24.3 Å². The van der Waals surface area contributed by atoms with E-state index in [0.717, 1.165) is 11.3 Å². The molecule has 0 aliphatic heterocycles. The van der Waals surface area contributed by atoms with Crippen LogP contribution in [0.15, 0.2) is 53.1 Å². The monoisotopic (exact) mass is 450 g/mol. The maximum Gasteiger partial charge on any atom is 0.471 e. The van der Waals surface area contributed by atoms with Crippen LogP contribution in [0.2, 0.25) is 0 Å². The highest BCUT2D eigenvalue weighted by Gasteiger charge is 2.38. The Hall–Kier alpha value is -3.44. The van der Waals surface area contributed by atoms with Gasteiger partial charge >= 0.3 is 12.1 Å². The van der Waals surface area contributed by atoms with E-state index in [9.17, 15) is 18.0 Å². The van der Waals surface area contributed by atoms with Gasteiger partial charge in [0.1, 0.15) is 5.75 Å². The molecule has 11 heteroatoms. The van der Waals surface area contributed by atoms with Gasteiger partial charge in [-0.05, 0) is 29.8 Å². The Morgan fingerprint density at radius 2 is 1.81 bits per heavy atom. The number of carbonyl (C=O) groups excluding carboxylic acids is 1. The molecule has 0 spiro atoms. The van der Waals surface area contributed by atoms with Crippen molar-refractivity contribution in [3.63, 3.8) is 0 Å². The molecule has 0 radical (unpaired) electrons. The molecular weight excluding hydrogens is 429 g/mol. The summed E-state index contributed by atoms with van der Waals surface area (Å²) in [6, 6.07) is 13.3. The Kier molecular flexibility index (Phi) is 7.44. The number of alkyl halides is 3. The van der Waals surface area contributed by atoms with Crippen LogP contribution in [0.1, 0.15) is 21.8 Å². The molecule has 1 amide bonds. The average molecular weight is 450 g/mol. The van der Waals surface area contributed by atoms with Crippen LogP contribution in [0.5, 0.6) is 5.75 Å². The van der Waals surface area contributed by atoms with Crippen molar-refractivity contribution in [3.8, 4) is 17.1 Å². The van der Waals surface area contributed by atoms with Gasteiger partial charge in [-0.25, -0.2) is 0 Å². The number of hydroxylamine groups is 2. The van der Waals surface area contributed by atoms with Gasteiger partial charge < -0.3 is 14.6 Å². The van der Waals surface area contributed by atoms with Crippen molar-refractivity contribution in [3.05, 3.63) is 65.5 Å². The first-order chi connectivity index (χ1) is 15.3. The molecule has 0 aliphatic rings. The summed E-state index contributed by atoms with van der Waals surface area (Å²) in [7, 11) is 3.35. The number of aromatic nitrogens is 2. The van der Waals surface area contributed by atoms with Crippen molar-refractivity contribution in [1.29, 1.82) is 0 Å². The third kappa shape index (κ3) is 6.28. The lowest BCUT2D eigenvalue weighted by atomic mass is 10.1. The summed E-state index contributed by atoms with van der Waals surface area (Å²) in [5.41, 5.74) is 1.62. The first-order valence-corrected chi connectivity index (χ1v) is 9.53. The van der Waals surface area contributed by atoms with Crippen LogP contribution in [0.25, 0.3) is 11.4 Å². The van der Waals surface area contributed by atoms with Gasteiger partial charge in [-0.2, -0.15) is 23.2 Å². The smallest absolute Gasteiger partial charge is 0.471 e. The van der Waals surface area contributed by atoms with Crippen molar-refractivity contribution in [2.24, 2.45) is 0 Å². The zero-order chi connectivity index (χ0) is 23.1. The summed E-state index contributed by atoms with van der Waals surface area (Å²) < 4.78 is 47.0. The Balaban J connectivity index is 1.43. The molecule has 3 aromatic rings. The van der Waals surface area contributed by atoms with Gasteiger partial charge in [0.15, 0.2) is 0 Å². The third-order valence-electron chi connectivity index (χ3n) is 4.40. The highest BCUT2D eigenvalue weighted by molar-refractivity contribution is 5.94. The molecule has 0 aliphatic carbocycles. The molecule has 0 saturated heterocycles.